The summed E-state index contributed by atoms with van der Waals surface area (Å²) in [7, 11) is 0. The molecule has 1 saturated heterocycles. The van der Waals surface area contributed by atoms with E-state index >= 15 is 0 Å². The number of hydrogen-bond donors (Lipinski definition) is 1. The lowest BCUT2D eigenvalue weighted by molar-refractivity contribution is 0.00110. The van der Waals surface area contributed by atoms with Gasteiger partial charge in [-0.2, -0.15) is 0 Å². The highest BCUT2D eigenvalue weighted by atomic mass is 32.1. The maximum absolute atomic E-state index is 11.3. The molecule has 1 N–H and O–H groups in total. The van der Waals surface area contributed by atoms with Gasteiger partial charge in [-0.15, -0.1) is 11.3 Å². The largest absolute Gasteiger partial charge is 0.476 e. The predicted molar refractivity (Wildman–Crippen MR) is 69.3 cm³/mol. The fourth-order valence-electron chi connectivity index (χ4n) is 2.16. The Balaban J connectivity index is 1.99. The Bertz CT molecular complexity index is 569. The zero-order valence-electron chi connectivity index (χ0n) is 10.2. The fourth-order valence-corrected chi connectivity index (χ4v) is 2.81. The minimum Gasteiger partial charge on any atom is -0.476 e. The normalized spacial score (nSPS) is 19.5. The second-order valence-corrected chi connectivity index (χ2v) is 5.32. The van der Waals surface area contributed by atoms with Crippen molar-refractivity contribution >= 4 is 17.3 Å². The SMILES string of the molecule is O=C(O)c1nc(-c2cccs2)oc1C1CCCCO1. The molecule has 3 heterocycles. The van der Waals surface area contributed by atoms with Gasteiger partial charge in [-0.1, -0.05) is 6.07 Å². The molecule has 6 heteroatoms. The van der Waals surface area contributed by atoms with Crippen molar-refractivity contribution in [1.82, 2.24) is 4.98 Å². The summed E-state index contributed by atoms with van der Waals surface area (Å²) in [5.41, 5.74) is -0.0321. The summed E-state index contributed by atoms with van der Waals surface area (Å²) >= 11 is 1.47. The first-order chi connectivity index (χ1) is 9.25. The molecular weight excluding hydrogens is 266 g/mol. The Kier molecular flexibility index (Phi) is 3.35. The first kappa shape index (κ1) is 12.4. The summed E-state index contributed by atoms with van der Waals surface area (Å²) in [6, 6.07) is 3.73. The van der Waals surface area contributed by atoms with Crippen molar-refractivity contribution in [2.24, 2.45) is 0 Å². The monoisotopic (exact) mass is 279 g/mol. The van der Waals surface area contributed by atoms with Crippen molar-refractivity contribution in [3.63, 3.8) is 0 Å². The summed E-state index contributed by atoms with van der Waals surface area (Å²) in [5.74, 6) is -0.372. The number of carboxylic acids is 1. The second kappa shape index (κ2) is 5.14. The molecule has 0 aliphatic carbocycles. The Labute approximate surface area is 113 Å². The van der Waals surface area contributed by atoms with Crippen molar-refractivity contribution in [2.75, 3.05) is 6.61 Å². The van der Waals surface area contributed by atoms with Gasteiger partial charge in [-0.05, 0) is 30.7 Å². The van der Waals surface area contributed by atoms with Gasteiger partial charge in [0.25, 0.3) is 0 Å². The lowest BCUT2D eigenvalue weighted by Gasteiger charge is -2.20. The van der Waals surface area contributed by atoms with Gasteiger partial charge in [0.1, 0.15) is 6.10 Å². The van der Waals surface area contributed by atoms with Crippen molar-refractivity contribution in [2.45, 2.75) is 25.4 Å². The molecule has 1 aliphatic heterocycles. The maximum atomic E-state index is 11.3. The number of thiophene rings is 1. The Morgan fingerprint density at radius 3 is 3.00 bits per heavy atom. The molecule has 5 nitrogen and oxygen atoms in total. The minimum absolute atomic E-state index is 0.0321. The molecular formula is C13H13NO4S. The highest BCUT2D eigenvalue weighted by molar-refractivity contribution is 7.13. The summed E-state index contributed by atoms with van der Waals surface area (Å²) in [4.78, 5) is 16.2. The van der Waals surface area contributed by atoms with E-state index in [0.29, 0.717) is 18.3 Å². The molecule has 0 saturated carbocycles. The molecule has 100 valence electrons. The highest BCUT2D eigenvalue weighted by Gasteiger charge is 2.29. The molecule has 2 aromatic heterocycles. The second-order valence-electron chi connectivity index (χ2n) is 4.37. The lowest BCUT2D eigenvalue weighted by Crippen LogP contribution is -2.14. The van der Waals surface area contributed by atoms with Crippen LogP contribution in [-0.2, 0) is 4.74 Å². The summed E-state index contributed by atoms with van der Waals surface area (Å²) in [6.07, 6.45) is 2.50. The molecule has 3 rings (SSSR count). The van der Waals surface area contributed by atoms with E-state index in [-0.39, 0.29) is 11.8 Å². The first-order valence-electron chi connectivity index (χ1n) is 6.15. The Morgan fingerprint density at radius 2 is 2.37 bits per heavy atom. The average molecular weight is 279 g/mol. The average Bonchev–Trinajstić information content (AvgIpc) is 3.08. The number of carbonyl (C=O) groups is 1. The zero-order valence-corrected chi connectivity index (χ0v) is 11.0. The van der Waals surface area contributed by atoms with Gasteiger partial charge in [0.05, 0.1) is 4.88 Å². The van der Waals surface area contributed by atoms with Crippen LogP contribution in [0.3, 0.4) is 0 Å². The molecule has 0 amide bonds. The van der Waals surface area contributed by atoms with Crippen LogP contribution < -0.4 is 0 Å². The summed E-state index contributed by atoms with van der Waals surface area (Å²) in [5, 5.41) is 11.1. The van der Waals surface area contributed by atoms with E-state index in [1.165, 1.54) is 11.3 Å². The van der Waals surface area contributed by atoms with Gasteiger partial charge in [-0.3, -0.25) is 0 Å². The standard InChI is InChI=1S/C13H13NO4S/c15-13(16)10-11(8-4-1-2-6-17-8)18-12(14-10)9-5-3-7-19-9/h3,5,7-8H,1-2,4,6H2,(H,15,16). The van der Waals surface area contributed by atoms with Crippen LogP contribution in [0.15, 0.2) is 21.9 Å². The Hall–Kier alpha value is -1.66. The van der Waals surface area contributed by atoms with Crippen molar-refractivity contribution in [3.8, 4) is 10.8 Å². The topological polar surface area (TPSA) is 72.6 Å². The van der Waals surface area contributed by atoms with Crippen LogP contribution in [-0.4, -0.2) is 22.7 Å². The lowest BCUT2D eigenvalue weighted by atomic mass is 10.1. The third-order valence-electron chi connectivity index (χ3n) is 3.06. The van der Waals surface area contributed by atoms with Crippen LogP contribution in [0.25, 0.3) is 10.8 Å². The van der Waals surface area contributed by atoms with Crippen LogP contribution in [0, 0.1) is 0 Å². The van der Waals surface area contributed by atoms with E-state index in [4.69, 9.17) is 9.15 Å². The van der Waals surface area contributed by atoms with Crippen molar-refractivity contribution in [1.29, 1.82) is 0 Å². The number of aromatic carboxylic acids is 1. The van der Waals surface area contributed by atoms with E-state index in [9.17, 15) is 9.90 Å². The third-order valence-corrected chi connectivity index (χ3v) is 3.92. The zero-order chi connectivity index (χ0) is 13.2. The van der Waals surface area contributed by atoms with E-state index in [1.807, 2.05) is 17.5 Å². The molecule has 0 radical (unpaired) electrons. The molecule has 1 aliphatic rings. The number of oxazole rings is 1. The van der Waals surface area contributed by atoms with E-state index < -0.39 is 5.97 Å². The van der Waals surface area contributed by atoms with Crippen LogP contribution >= 0.6 is 11.3 Å². The molecule has 1 unspecified atom stereocenters. The maximum Gasteiger partial charge on any atom is 0.358 e. The number of aromatic nitrogens is 1. The van der Waals surface area contributed by atoms with Crippen LogP contribution in [0.4, 0.5) is 0 Å². The van der Waals surface area contributed by atoms with Gasteiger partial charge < -0.3 is 14.3 Å². The molecule has 19 heavy (non-hydrogen) atoms. The molecule has 2 aromatic rings. The number of carboxylic acid groups (broad SMARTS) is 1. The Morgan fingerprint density at radius 1 is 1.47 bits per heavy atom. The van der Waals surface area contributed by atoms with Crippen LogP contribution in [0.2, 0.25) is 0 Å². The van der Waals surface area contributed by atoms with Crippen LogP contribution in [0.5, 0.6) is 0 Å². The van der Waals surface area contributed by atoms with Crippen LogP contribution in [0.1, 0.15) is 41.6 Å². The smallest absolute Gasteiger partial charge is 0.358 e. The van der Waals surface area contributed by atoms with E-state index in [0.717, 1.165) is 24.1 Å². The molecule has 0 aromatic carbocycles. The fraction of sp³-hybridized carbons (Fsp3) is 0.385. The number of nitrogens with zero attached hydrogens (tertiary/aromatic N) is 1. The van der Waals surface area contributed by atoms with Crippen molar-refractivity contribution in [3.05, 3.63) is 29.0 Å². The summed E-state index contributed by atoms with van der Waals surface area (Å²) < 4.78 is 11.2. The molecule has 1 fully saturated rings. The number of hydrogen-bond acceptors (Lipinski definition) is 5. The quantitative estimate of drug-likeness (QED) is 0.932. The molecule has 0 bridgehead atoms. The minimum atomic E-state index is -1.07. The van der Waals surface area contributed by atoms with E-state index in [2.05, 4.69) is 4.98 Å². The predicted octanol–water partition coefficient (Wildman–Crippen LogP) is 3.34. The van der Waals surface area contributed by atoms with Gasteiger partial charge in [0.15, 0.2) is 11.5 Å². The third kappa shape index (κ3) is 2.41. The molecule has 0 spiro atoms. The van der Waals surface area contributed by atoms with Crippen molar-refractivity contribution < 1.29 is 19.1 Å². The highest BCUT2D eigenvalue weighted by Crippen LogP contribution is 2.34. The number of rotatable bonds is 3. The van der Waals surface area contributed by atoms with Gasteiger partial charge in [-0.25, -0.2) is 9.78 Å². The molecule has 1 atom stereocenters. The first-order valence-corrected chi connectivity index (χ1v) is 7.03. The summed E-state index contributed by atoms with van der Waals surface area (Å²) in [6.45, 7) is 0.638. The van der Waals surface area contributed by atoms with E-state index in [1.54, 1.807) is 0 Å². The van der Waals surface area contributed by atoms with Gasteiger partial charge in [0.2, 0.25) is 5.89 Å². The van der Waals surface area contributed by atoms with Gasteiger partial charge >= 0.3 is 5.97 Å². The van der Waals surface area contributed by atoms with Gasteiger partial charge in [0, 0.05) is 6.61 Å². The number of ether oxygens (including phenoxy) is 1.